The molecule has 0 bridgehead atoms. The lowest BCUT2D eigenvalue weighted by Crippen LogP contribution is -2.36. The predicted octanol–water partition coefficient (Wildman–Crippen LogP) is 7.51. The van der Waals surface area contributed by atoms with Gasteiger partial charge in [0.15, 0.2) is 0 Å². The van der Waals surface area contributed by atoms with Crippen LogP contribution in [-0.2, 0) is 14.3 Å². The molecule has 3 aliphatic carbocycles. The zero-order chi connectivity index (χ0) is 22.1. The lowest BCUT2D eigenvalue weighted by Gasteiger charge is -2.41. The molecule has 0 aromatic rings. The van der Waals surface area contributed by atoms with Gasteiger partial charge in [-0.2, -0.15) is 0 Å². The van der Waals surface area contributed by atoms with Gasteiger partial charge < -0.3 is 4.74 Å². The van der Waals surface area contributed by atoms with E-state index in [1.807, 2.05) is 0 Å². The van der Waals surface area contributed by atoms with Gasteiger partial charge in [0.05, 0.1) is 6.61 Å². The Kier molecular flexibility index (Phi) is 10.4. The summed E-state index contributed by atoms with van der Waals surface area (Å²) in [4.78, 5) is 25.0. The minimum absolute atomic E-state index is 0.157. The SMILES string of the molecule is CCCCCOC(=O)C1CCC([C@H]2CC[C@H]([C@H]3CC[C@H](CCCC)CC3)CC2)CC1=O. The minimum atomic E-state index is -0.475. The zero-order valence-corrected chi connectivity index (χ0v) is 20.4. The molecule has 0 aromatic heterocycles. The van der Waals surface area contributed by atoms with Gasteiger partial charge in [0.2, 0.25) is 0 Å². The van der Waals surface area contributed by atoms with Crippen molar-refractivity contribution in [3.05, 3.63) is 0 Å². The van der Waals surface area contributed by atoms with Crippen LogP contribution in [0.25, 0.3) is 0 Å². The fourth-order valence-electron chi connectivity index (χ4n) is 6.85. The number of hydrogen-bond acceptors (Lipinski definition) is 3. The highest BCUT2D eigenvalue weighted by Gasteiger charge is 2.39. The molecule has 2 unspecified atom stereocenters. The molecule has 3 nitrogen and oxygen atoms in total. The Hall–Kier alpha value is -0.860. The molecule has 2 atom stereocenters. The van der Waals surface area contributed by atoms with Crippen LogP contribution in [0.2, 0.25) is 0 Å². The predicted molar refractivity (Wildman–Crippen MR) is 127 cm³/mol. The maximum atomic E-state index is 12.7. The molecule has 3 saturated carbocycles. The Morgan fingerprint density at radius 2 is 1.29 bits per heavy atom. The summed E-state index contributed by atoms with van der Waals surface area (Å²) in [5.74, 6) is 3.57. The van der Waals surface area contributed by atoms with Gasteiger partial charge in [0, 0.05) is 6.42 Å². The van der Waals surface area contributed by atoms with E-state index in [9.17, 15) is 9.59 Å². The van der Waals surface area contributed by atoms with Crippen LogP contribution in [-0.4, -0.2) is 18.4 Å². The average molecular weight is 433 g/mol. The number of esters is 1. The lowest BCUT2D eigenvalue weighted by atomic mass is 9.64. The molecular weight excluding hydrogens is 384 g/mol. The highest BCUT2D eigenvalue weighted by Crippen LogP contribution is 2.46. The Morgan fingerprint density at radius 1 is 0.742 bits per heavy atom. The molecule has 3 fully saturated rings. The summed E-state index contributed by atoms with van der Waals surface area (Å²) in [6.45, 7) is 4.92. The van der Waals surface area contributed by atoms with Crippen molar-refractivity contribution in [2.45, 2.75) is 123 Å². The third-order valence-electron chi connectivity index (χ3n) is 8.96. The largest absolute Gasteiger partial charge is 0.465 e. The minimum Gasteiger partial charge on any atom is -0.465 e. The van der Waals surface area contributed by atoms with E-state index >= 15 is 0 Å². The number of rotatable bonds is 10. The van der Waals surface area contributed by atoms with Crippen molar-refractivity contribution in [1.82, 2.24) is 0 Å². The normalized spacial score (nSPS) is 34.5. The van der Waals surface area contributed by atoms with Crippen molar-refractivity contribution in [3.63, 3.8) is 0 Å². The standard InChI is InChI=1S/C28H48O3/c1-3-5-7-19-31-28(30)26-18-17-25(20-27(26)29)24-15-13-23(14-16-24)22-11-9-21(10-12-22)8-6-4-2/h21-26H,3-20H2,1-2H3/t21-,22-,23-,24-,25?,26?. The fourth-order valence-corrected chi connectivity index (χ4v) is 6.85. The van der Waals surface area contributed by atoms with E-state index in [2.05, 4.69) is 13.8 Å². The number of hydrogen-bond donors (Lipinski definition) is 0. The third-order valence-corrected chi connectivity index (χ3v) is 8.96. The van der Waals surface area contributed by atoms with Crippen LogP contribution in [0, 0.1) is 35.5 Å². The molecule has 31 heavy (non-hydrogen) atoms. The van der Waals surface area contributed by atoms with Gasteiger partial charge in [-0.15, -0.1) is 0 Å². The van der Waals surface area contributed by atoms with Gasteiger partial charge >= 0.3 is 5.97 Å². The van der Waals surface area contributed by atoms with Gasteiger partial charge in [-0.1, -0.05) is 58.8 Å². The molecule has 3 aliphatic rings. The smallest absolute Gasteiger partial charge is 0.316 e. The highest BCUT2D eigenvalue weighted by molar-refractivity contribution is 5.99. The molecule has 178 valence electrons. The molecule has 3 rings (SSSR count). The van der Waals surface area contributed by atoms with Gasteiger partial charge in [0.25, 0.3) is 0 Å². The number of carbonyl (C=O) groups excluding carboxylic acids is 2. The van der Waals surface area contributed by atoms with Gasteiger partial charge in [-0.3, -0.25) is 9.59 Å². The van der Waals surface area contributed by atoms with Crippen molar-refractivity contribution in [3.8, 4) is 0 Å². The molecule has 0 saturated heterocycles. The second-order valence-electron chi connectivity index (χ2n) is 11.0. The summed E-state index contributed by atoms with van der Waals surface area (Å²) in [6, 6.07) is 0. The van der Waals surface area contributed by atoms with E-state index in [4.69, 9.17) is 4.74 Å². The number of carbonyl (C=O) groups is 2. The second kappa shape index (κ2) is 13.0. The Balaban J connectivity index is 1.35. The van der Waals surface area contributed by atoms with Crippen LogP contribution < -0.4 is 0 Å². The first-order chi connectivity index (χ1) is 15.1. The first kappa shape index (κ1) is 24.8. The van der Waals surface area contributed by atoms with Crippen LogP contribution >= 0.6 is 0 Å². The molecule has 3 heteroatoms. The molecule has 0 spiro atoms. The summed E-state index contributed by atoms with van der Waals surface area (Å²) >= 11 is 0. The Bertz CT molecular complexity index is 540. The van der Waals surface area contributed by atoms with Crippen molar-refractivity contribution in [1.29, 1.82) is 0 Å². The number of ketones is 1. The quantitative estimate of drug-likeness (QED) is 0.204. The second-order valence-corrected chi connectivity index (χ2v) is 11.0. The van der Waals surface area contributed by atoms with Gasteiger partial charge in [-0.05, 0) is 87.4 Å². The van der Waals surface area contributed by atoms with Crippen LogP contribution in [0.5, 0.6) is 0 Å². The third kappa shape index (κ3) is 7.32. The van der Waals surface area contributed by atoms with Crippen LogP contribution in [0.1, 0.15) is 123 Å². The average Bonchev–Trinajstić information content (AvgIpc) is 2.81. The Labute approximate surface area is 191 Å². The summed E-state index contributed by atoms with van der Waals surface area (Å²) in [5.41, 5.74) is 0. The van der Waals surface area contributed by atoms with Gasteiger partial charge in [0.1, 0.15) is 11.7 Å². The van der Waals surface area contributed by atoms with Crippen LogP contribution in [0.4, 0.5) is 0 Å². The lowest BCUT2D eigenvalue weighted by molar-refractivity contribution is -0.154. The molecular formula is C28H48O3. The van der Waals surface area contributed by atoms with E-state index in [0.717, 1.165) is 49.9 Å². The maximum absolute atomic E-state index is 12.7. The number of unbranched alkanes of at least 4 members (excludes halogenated alkanes) is 3. The van der Waals surface area contributed by atoms with Crippen molar-refractivity contribution in [2.24, 2.45) is 35.5 Å². The van der Waals surface area contributed by atoms with E-state index in [-0.39, 0.29) is 11.8 Å². The first-order valence-electron chi connectivity index (χ1n) is 13.8. The Morgan fingerprint density at radius 3 is 1.87 bits per heavy atom. The topological polar surface area (TPSA) is 43.4 Å². The van der Waals surface area contributed by atoms with Crippen molar-refractivity contribution >= 4 is 11.8 Å². The summed E-state index contributed by atoms with van der Waals surface area (Å²) < 4.78 is 5.39. The summed E-state index contributed by atoms with van der Waals surface area (Å²) in [5, 5.41) is 0. The van der Waals surface area contributed by atoms with E-state index < -0.39 is 5.92 Å². The van der Waals surface area contributed by atoms with Gasteiger partial charge in [-0.25, -0.2) is 0 Å². The molecule has 0 aliphatic heterocycles. The van der Waals surface area contributed by atoms with Crippen molar-refractivity contribution in [2.75, 3.05) is 6.61 Å². The summed E-state index contributed by atoms with van der Waals surface area (Å²) in [7, 11) is 0. The fraction of sp³-hybridized carbons (Fsp3) is 0.929. The molecule has 0 radical (unpaired) electrons. The van der Waals surface area contributed by atoms with E-state index in [1.165, 1.54) is 70.6 Å². The van der Waals surface area contributed by atoms with E-state index in [1.54, 1.807) is 0 Å². The van der Waals surface area contributed by atoms with Crippen molar-refractivity contribution < 1.29 is 14.3 Å². The molecule has 0 aromatic carbocycles. The number of ether oxygens (including phenoxy) is 1. The number of Topliss-reactive ketones (excluding diaryl/α,β-unsaturated/α-hetero) is 1. The molecule has 0 heterocycles. The molecule has 0 amide bonds. The highest BCUT2D eigenvalue weighted by atomic mass is 16.5. The van der Waals surface area contributed by atoms with E-state index in [0.29, 0.717) is 24.9 Å². The van der Waals surface area contributed by atoms with Crippen LogP contribution in [0.15, 0.2) is 0 Å². The maximum Gasteiger partial charge on any atom is 0.316 e. The monoisotopic (exact) mass is 432 g/mol. The van der Waals surface area contributed by atoms with Crippen LogP contribution in [0.3, 0.4) is 0 Å². The molecule has 0 N–H and O–H groups in total. The summed E-state index contributed by atoms with van der Waals surface area (Å²) in [6.07, 6.45) is 20.9. The zero-order valence-electron chi connectivity index (χ0n) is 20.4. The first-order valence-corrected chi connectivity index (χ1v) is 13.8.